The molecule has 2 heterocycles. The Labute approximate surface area is 148 Å². The highest BCUT2D eigenvalue weighted by molar-refractivity contribution is 7.13. The molecule has 0 amide bonds. The number of ether oxygens (including phenoxy) is 1. The third-order valence-corrected chi connectivity index (χ3v) is 4.48. The zero-order valence-electron chi connectivity index (χ0n) is 13.9. The molecule has 0 bridgehead atoms. The number of thiophene rings is 1. The van der Waals surface area contributed by atoms with E-state index in [1.54, 1.807) is 23.5 Å². The van der Waals surface area contributed by atoms with Crippen molar-refractivity contribution in [2.24, 2.45) is 0 Å². The summed E-state index contributed by atoms with van der Waals surface area (Å²) in [4.78, 5) is 7.61. The van der Waals surface area contributed by atoms with Crippen LogP contribution in [-0.4, -0.2) is 23.5 Å². The number of rotatable bonds is 7. The molecular weight excluding hydrogens is 346 g/mol. The van der Waals surface area contributed by atoms with Crippen molar-refractivity contribution in [2.75, 3.05) is 7.05 Å². The van der Waals surface area contributed by atoms with Gasteiger partial charge in [-0.15, -0.1) is 11.3 Å². The van der Waals surface area contributed by atoms with E-state index in [-0.39, 0.29) is 5.75 Å². The first-order valence-electron chi connectivity index (χ1n) is 7.74. The Morgan fingerprint density at radius 1 is 1.24 bits per heavy atom. The Bertz CT molecular complexity index is 818. The highest BCUT2D eigenvalue weighted by Gasteiger charge is 2.14. The summed E-state index contributed by atoms with van der Waals surface area (Å²) in [7, 11) is 1.94. The summed E-state index contributed by atoms with van der Waals surface area (Å²) in [5.41, 5.74) is 1.76. The molecule has 132 valence electrons. The number of nitrogens with zero attached hydrogens (tertiary/aromatic N) is 2. The van der Waals surface area contributed by atoms with Gasteiger partial charge in [-0.25, -0.2) is 4.98 Å². The second-order valence-electron chi connectivity index (χ2n) is 5.70. The lowest BCUT2D eigenvalue weighted by molar-refractivity contribution is -0.0499. The van der Waals surface area contributed by atoms with E-state index >= 15 is 0 Å². The van der Waals surface area contributed by atoms with Gasteiger partial charge in [0, 0.05) is 13.1 Å². The van der Waals surface area contributed by atoms with Crippen LogP contribution in [0.5, 0.6) is 5.75 Å². The summed E-state index contributed by atoms with van der Waals surface area (Å²) in [6.07, 6.45) is 0. The van der Waals surface area contributed by atoms with E-state index in [1.165, 1.54) is 6.07 Å². The van der Waals surface area contributed by atoms with Crippen molar-refractivity contribution in [1.82, 2.24) is 9.88 Å². The van der Waals surface area contributed by atoms with E-state index in [9.17, 15) is 8.78 Å². The number of halogens is 2. The zero-order valence-corrected chi connectivity index (χ0v) is 14.7. The van der Waals surface area contributed by atoms with Crippen LogP contribution in [0.3, 0.4) is 0 Å². The lowest BCUT2D eigenvalue weighted by atomic mass is 10.2. The first-order valence-corrected chi connectivity index (χ1v) is 8.61. The number of hydrogen-bond acceptors (Lipinski definition) is 5. The minimum atomic E-state index is -2.82. The number of oxazole rings is 1. The van der Waals surface area contributed by atoms with Crippen molar-refractivity contribution in [2.45, 2.75) is 26.6 Å². The van der Waals surface area contributed by atoms with Gasteiger partial charge < -0.3 is 9.15 Å². The van der Waals surface area contributed by atoms with Crippen molar-refractivity contribution in [1.29, 1.82) is 0 Å². The first kappa shape index (κ1) is 17.6. The number of benzene rings is 1. The molecule has 0 saturated carbocycles. The molecular formula is C18H18F2N2O2S. The van der Waals surface area contributed by atoms with Crippen LogP contribution in [0.2, 0.25) is 0 Å². The van der Waals surface area contributed by atoms with E-state index < -0.39 is 6.61 Å². The van der Waals surface area contributed by atoms with Gasteiger partial charge in [-0.05, 0) is 43.1 Å². The van der Waals surface area contributed by atoms with Gasteiger partial charge in [-0.3, -0.25) is 4.90 Å². The fourth-order valence-corrected chi connectivity index (χ4v) is 3.17. The normalized spacial score (nSPS) is 11.4. The van der Waals surface area contributed by atoms with E-state index in [2.05, 4.69) is 9.72 Å². The minimum Gasteiger partial charge on any atom is -0.440 e. The molecule has 2 aromatic heterocycles. The van der Waals surface area contributed by atoms with Crippen molar-refractivity contribution < 1.29 is 17.9 Å². The summed E-state index contributed by atoms with van der Waals surface area (Å²) >= 11 is 1.58. The molecule has 7 heteroatoms. The van der Waals surface area contributed by atoms with Crippen LogP contribution in [0.4, 0.5) is 8.78 Å². The van der Waals surface area contributed by atoms with Gasteiger partial charge in [-0.2, -0.15) is 8.78 Å². The van der Waals surface area contributed by atoms with Gasteiger partial charge in [0.15, 0.2) is 0 Å². The lowest BCUT2D eigenvalue weighted by Crippen LogP contribution is -2.18. The zero-order chi connectivity index (χ0) is 17.8. The maximum Gasteiger partial charge on any atom is 0.387 e. The summed E-state index contributed by atoms with van der Waals surface area (Å²) in [6.45, 7) is 0.257. The average Bonchev–Trinajstić information content (AvgIpc) is 3.17. The second kappa shape index (κ2) is 7.76. The minimum absolute atomic E-state index is 0.165. The van der Waals surface area contributed by atoms with Gasteiger partial charge in [0.2, 0.25) is 5.89 Å². The molecule has 0 atom stereocenters. The van der Waals surface area contributed by atoms with Crippen LogP contribution in [0.15, 0.2) is 46.2 Å². The summed E-state index contributed by atoms with van der Waals surface area (Å²) < 4.78 is 34.8. The van der Waals surface area contributed by atoms with Crippen LogP contribution in [0, 0.1) is 6.92 Å². The molecule has 3 rings (SSSR count). The number of hydrogen-bond donors (Lipinski definition) is 0. The van der Waals surface area contributed by atoms with Crippen LogP contribution < -0.4 is 4.74 Å². The Morgan fingerprint density at radius 3 is 2.80 bits per heavy atom. The molecule has 0 N–H and O–H groups in total. The third-order valence-electron chi connectivity index (χ3n) is 3.62. The molecule has 0 fully saturated rings. The Hall–Kier alpha value is -2.25. The summed E-state index contributed by atoms with van der Waals surface area (Å²) in [5, 5.41) is 1.98. The van der Waals surface area contributed by atoms with Gasteiger partial charge in [-0.1, -0.05) is 18.2 Å². The van der Waals surface area contributed by atoms with E-state index in [4.69, 9.17) is 4.42 Å². The fourth-order valence-electron chi connectivity index (χ4n) is 2.52. The molecule has 0 saturated heterocycles. The van der Waals surface area contributed by atoms with Gasteiger partial charge in [0.1, 0.15) is 11.5 Å². The molecule has 0 aliphatic heterocycles. The molecule has 0 radical (unpaired) electrons. The van der Waals surface area contributed by atoms with Gasteiger partial charge >= 0.3 is 6.61 Å². The molecule has 4 nitrogen and oxygen atoms in total. The molecule has 0 unspecified atom stereocenters. The predicted octanol–water partition coefficient (Wildman–Crippen LogP) is 4.94. The largest absolute Gasteiger partial charge is 0.440 e. The quantitative estimate of drug-likeness (QED) is 0.595. The van der Waals surface area contributed by atoms with Crippen molar-refractivity contribution in [3.8, 4) is 16.5 Å². The third kappa shape index (κ3) is 4.64. The predicted molar refractivity (Wildman–Crippen MR) is 92.8 cm³/mol. The molecule has 0 spiro atoms. The lowest BCUT2D eigenvalue weighted by Gasteiger charge is -2.16. The monoisotopic (exact) mass is 364 g/mol. The van der Waals surface area contributed by atoms with E-state index in [1.807, 2.05) is 42.5 Å². The topological polar surface area (TPSA) is 38.5 Å². The van der Waals surface area contributed by atoms with Gasteiger partial charge in [0.05, 0.1) is 10.6 Å². The highest BCUT2D eigenvalue weighted by atomic mass is 32.1. The second-order valence-corrected chi connectivity index (χ2v) is 6.65. The Kier molecular flexibility index (Phi) is 5.45. The standard InChI is InChI=1S/C18H18F2N2O2S/c1-12-15(21-17(23-12)16-7-4-8-25-16)11-22(2)10-13-5-3-6-14(9-13)24-18(19)20/h3-9,18H,10-11H2,1-2H3. The number of aromatic nitrogens is 1. The molecule has 3 aromatic rings. The van der Waals surface area contributed by atoms with Crippen molar-refractivity contribution in [3.63, 3.8) is 0 Å². The molecule has 1 aromatic carbocycles. The number of alkyl halides is 2. The smallest absolute Gasteiger partial charge is 0.387 e. The Balaban J connectivity index is 1.66. The maximum absolute atomic E-state index is 12.3. The summed E-state index contributed by atoms with van der Waals surface area (Å²) in [5.74, 6) is 1.58. The van der Waals surface area contributed by atoms with Crippen molar-refractivity contribution >= 4 is 11.3 Å². The van der Waals surface area contributed by atoms with E-state index in [0.29, 0.717) is 19.0 Å². The SMILES string of the molecule is Cc1oc(-c2cccs2)nc1CN(C)Cc1cccc(OC(F)F)c1. The molecule has 0 aliphatic rings. The van der Waals surface area contributed by atoms with Gasteiger partial charge in [0.25, 0.3) is 0 Å². The highest BCUT2D eigenvalue weighted by Crippen LogP contribution is 2.26. The Morgan fingerprint density at radius 2 is 2.08 bits per heavy atom. The molecule has 25 heavy (non-hydrogen) atoms. The maximum atomic E-state index is 12.3. The number of aryl methyl sites for hydroxylation is 1. The fraction of sp³-hybridized carbons (Fsp3) is 0.278. The van der Waals surface area contributed by atoms with Crippen molar-refractivity contribution in [3.05, 3.63) is 58.8 Å². The van der Waals surface area contributed by atoms with Crippen LogP contribution >= 0.6 is 11.3 Å². The molecule has 0 aliphatic carbocycles. The summed E-state index contributed by atoms with van der Waals surface area (Å²) in [6, 6.07) is 10.6. The van der Waals surface area contributed by atoms with Crippen LogP contribution in [0.25, 0.3) is 10.8 Å². The van der Waals surface area contributed by atoms with Crippen LogP contribution in [-0.2, 0) is 13.1 Å². The average molecular weight is 364 g/mol. The van der Waals surface area contributed by atoms with E-state index in [0.717, 1.165) is 21.9 Å². The van der Waals surface area contributed by atoms with Crippen LogP contribution in [0.1, 0.15) is 17.0 Å². The first-order chi connectivity index (χ1) is 12.0.